The van der Waals surface area contributed by atoms with Crippen molar-refractivity contribution in [3.05, 3.63) is 41.7 Å². The number of para-hydroxylation sites is 2. The van der Waals surface area contributed by atoms with Crippen molar-refractivity contribution in [3.8, 4) is 5.75 Å². The monoisotopic (exact) mass is 271 g/mol. The van der Waals surface area contributed by atoms with Gasteiger partial charge in [-0.05, 0) is 18.2 Å². The van der Waals surface area contributed by atoms with Gasteiger partial charge in [0.15, 0.2) is 5.69 Å². The predicted molar refractivity (Wildman–Crippen MR) is 63.9 cm³/mol. The molecule has 0 bridgehead atoms. The first-order chi connectivity index (χ1) is 9.00. The minimum absolute atomic E-state index is 0.198. The molecule has 19 heavy (non-hydrogen) atoms. The second-order valence-corrected chi connectivity index (χ2v) is 3.83. The van der Waals surface area contributed by atoms with Gasteiger partial charge in [-0.25, -0.2) is 0 Å². The lowest BCUT2D eigenvalue weighted by atomic mass is 10.3. The number of nitrogens with zero attached hydrogens (tertiary/aromatic N) is 1. The molecule has 0 aliphatic heterocycles. The number of hydrogen-bond donors (Lipinski definition) is 2. The highest BCUT2D eigenvalue weighted by Gasteiger charge is 2.33. The SMILES string of the molecule is COc1ccccc1NCc1cc(C(F)(F)F)n[nH]1. The number of H-pyrrole nitrogens is 1. The van der Waals surface area contributed by atoms with Gasteiger partial charge in [-0.15, -0.1) is 0 Å². The number of aromatic amines is 1. The molecule has 7 heteroatoms. The van der Waals surface area contributed by atoms with Crippen molar-refractivity contribution < 1.29 is 17.9 Å². The Balaban J connectivity index is 2.05. The van der Waals surface area contributed by atoms with Gasteiger partial charge in [-0.2, -0.15) is 18.3 Å². The summed E-state index contributed by atoms with van der Waals surface area (Å²) in [7, 11) is 1.53. The van der Waals surface area contributed by atoms with E-state index >= 15 is 0 Å². The molecule has 0 atom stereocenters. The van der Waals surface area contributed by atoms with Gasteiger partial charge in [0, 0.05) is 0 Å². The van der Waals surface area contributed by atoms with Crippen LogP contribution in [0.25, 0.3) is 0 Å². The van der Waals surface area contributed by atoms with Crippen LogP contribution in [-0.4, -0.2) is 17.3 Å². The molecule has 1 aromatic heterocycles. The predicted octanol–water partition coefficient (Wildman–Crippen LogP) is 3.05. The number of alkyl halides is 3. The molecule has 1 aromatic carbocycles. The summed E-state index contributed by atoms with van der Waals surface area (Å²) in [5, 5.41) is 8.55. The quantitative estimate of drug-likeness (QED) is 0.898. The Hall–Kier alpha value is -2.18. The lowest BCUT2D eigenvalue weighted by molar-refractivity contribution is -0.141. The molecule has 4 nitrogen and oxygen atoms in total. The molecule has 0 aliphatic rings. The molecule has 2 rings (SSSR count). The lowest BCUT2D eigenvalue weighted by Gasteiger charge is -2.09. The molecule has 0 saturated carbocycles. The second-order valence-electron chi connectivity index (χ2n) is 3.83. The topological polar surface area (TPSA) is 49.9 Å². The molecule has 0 aliphatic carbocycles. The number of halogens is 3. The number of methoxy groups -OCH3 is 1. The van der Waals surface area contributed by atoms with Crippen molar-refractivity contribution >= 4 is 5.69 Å². The van der Waals surface area contributed by atoms with Crippen molar-refractivity contribution in [2.75, 3.05) is 12.4 Å². The minimum Gasteiger partial charge on any atom is -0.495 e. The smallest absolute Gasteiger partial charge is 0.435 e. The number of nitrogens with one attached hydrogen (secondary N) is 2. The Bertz CT molecular complexity index is 551. The fourth-order valence-corrected chi connectivity index (χ4v) is 1.58. The molecule has 2 aromatic rings. The van der Waals surface area contributed by atoms with Gasteiger partial charge >= 0.3 is 6.18 Å². The third-order valence-corrected chi connectivity index (χ3v) is 2.50. The van der Waals surface area contributed by atoms with E-state index < -0.39 is 11.9 Å². The maximum atomic E-state index is 12.4. The maximum absolute atomic E-state index is 12.4. The maximum Gasteiger partial charge on any atom is 0.435 e. The van der Waals surface area contributed by atoms with Crippen LogP contribution < -0.4 is 10.1 Å². The number of aromatic nitrogens is 2. The Morgan fingerprint density at radius 2 is 2.05 bits per heavy atom. The number of benzene rings is 1. The third-order valence-electron chi connectivity index (χ3n) is 2.50. The first-order valence-electron chi connectivity index (χ1n) is 5.49. The summed E-state index contributed by atoms with van der Waals surface area (Å²) >= 11 is 0. The van der Waals surface area contributed by atoms with Crippen molar-refractivity contribution in [3.63, 3.8) is 0 Å². The van der Waals surface area contributed by atoms with Crippen LogP contribution in [0.2, 0.25) is 0 Å². The number of ether oxygens (including phenoxy) is 1. The van der Waals surface area contributed by atoms with E-state index in [1.54, 1.807) is 18.2 Å². The van der Waals surface area contributed by atoms with Crippen LogP contribution in [0.5, 0.6) is 5.75 Å². The van der Waals surface area contributed by atoms with Gasteiger partial charge in [-0.1, -0.05) is 12.1 Å². The highest BCUT2D eigenvalue weighted by Crippen LogP contribution is 2.28. The minimum atomic E-state index is -4.43. The van der Waals surface area contributed by atoms with E-state index in [0.29, 0.717) is 17.1 Å². The molecule has 0 fully saturated rings. The van der Waals surface area contributed by atoms with Crippen molar-refractivity contribution in [1.29, 1.82) is 0 Å². The highest BCUT2D eigenvalue weighted by molar-refractivity contribution is 5.56. The number of rotatable bonds is 4. The summed E-state index contributed by atoms with van der Waals surface area (Å²) < 4.78 is 42.2. The van der Waals surface area contributed by atoms with Crippen LogP contribution in [0.4, 0.5) is 18.9 Å². The largest absolute Gasteiger partial charge is 0.495 e. The molecule has 0 saturated heterocycles. The van der Waals surface area contributed by atoms with Crippen molar-refractivity contribution in [2.24, 2.45) is 0 Å². The highest BCUT2D eigenvalue weighted by atomic mass is 19.4. The second kappa shape index (κ2) is 5.21. The van der Waals surface area contributed by atoms with Crippen LogP contribution in [0.15, 0.2) is 30.3 Å². The number of anilines is 1. The van der Waals surface area contributed by atoms with E-state index in [4.69, 9.17) is 4.74 Å². The number of hydrogen-bond acceptors (Lipinski definition) is 3. The van der Waals surface area contributed by atoms with E-state index in [9.17, 15) is 13.2 Å². The van der Waals surface area contributed by atoms with E-state index in [-0.39, 0.29) is 6.54 Å². The first kappa shape index (κ1) is 13.3. The molecule has 0 amide bonds. The average molecular weight is 271 g/mol. The van der Waals surface area contributed by atoms with Crippen molar-refractivity contribution in [2.45, 2.75) is 12.7 Å². The Morgan fingerprint density at radius 1 is 1.32 bits per heavy atom. The molecular formula is C12H12F3N3O. The Kier molecular flexibility index (Phi) is 3.64. The van der Waals surface area contributed by atoms with Gasteiger partial charge in [0.25, 0.3) is 0 Å². The van der Waals surface area contributed by atoms with E-state index in [1.807, 2.05) is 6.07 Å². The van der Waals surface area contributed by atoms with Crippen LogP contribution in [0.3, 0.4) is 0 Å². The summed E-state index contributed by atoms with van der Waals surface area (Å²) in [6.07, 6.45) is -4.43. The van der Waals surface area contributed by atoms with Crippen LogP contribution >= 0.6 is 0 Å². The van der Waals surface area contributed by atoms with Crippen LogP contribution in [-0.2, 0) is 12.7 Å². The molecule has 0 spiro atoms. The van der Waals surface area contributed by atoms with Gasteiger partial charge in [0.1, 0.15) is 5.75 Å². The van der Waals surface area contributed by atoms with Gasteiger partial charge in [0.2, 0.25) is 0 Å². The molecule has 102 valence electrons. The molecule has 1 heterocycles. The summed E-state index contributed by atoms with van der Waals surface area (Å²) in [5.74, 6) is 0.623. The van der Waals surface area contributed by atoms with Gasteiger partial charge in [0.05, 0.1) is 25.0 Å². The molecule has 0 unspecified atom stereocenters. The Labute approximate surface area is 107 Å². The van der Waals surface area contributed by atoms with Gasteiger partial charge < -0.3 is 10.1 Å². The Morgan fingerprint density at radius 3 is 2.68 bits per heavy atom. The zero-order valence-electron chi connectivity index (χ0n) is 10.1. The van der Waals surface area contributed by atoms with Crippen LogP contribution in [0.1, 0.15) is 11.4 Å². The summed E-state index contributed by atoms with van der Waals surface area (Å²) in [6, 6.07) is 8.12. The van der Waals surface area contributed by atoms with E-state index in [1.165, 1.54) is 7.11 Å². The lowest BCUT2D eigenvalue weighted by Crippen LogP contribution is -2.05. The average Bonchev–Trinajstić information content (AvgIpc) is 2.85. The first-order valence-corrected chi connectivity index (χ1v) is 5.49. The zero-order chi connectivity index (χ0) is 13.9. The normalized spacial score (nSPS) is 11.4. The van der Waals surface area contributed by atoms with Crippen molar-refractivity contribution in [1.82, 2.24) is 10.2 Å². The molecule has 2 N–H and O–H groups in total. The van der Waals surface area contributed by atoms with Crippen LogP contribution in [0, 0.1) is 0 Å². The standard InChI is InChI=1S/C12H12F3N3O/c1-19-10-5-3-2-4-9(10)16-7-8-6-11(18-17-8)12(13,14)15/h2-6,16H,7H2,1H3,(H,17,18). The molecular weight excluding hydrogens is 259 g/mol. The zero-order valence-corrected chi connectivity index (χ0v) is 10.1. The summed E-state index contributed by atoms with van der Waals surface area (Å²) in [4.78, 5) is 0. The van der Waals surface area contributed by atoms with E-state index in [2.05, 4.69) is 15.5 Å². The third kappa shape index (κ3) is 3.18. The fourth-order valence-electron chi connectivity index (χ4n) is 1.58. The summed E-state index contributed by atoms with van der Waals surface area (Å²) in [5.41, 5.74) is 0.121. The fraction of sp³-hybridized carbons (Fsp3) is 0.250. The van der Waals surface area contributed by atoms with Gasteiger partial charge in [-0.3, -0.25) is 5.10 Å². The molecule has 0 radical (unpaired) electrons. The summed E-state index contributed by atoms with van der Waals surface area (Å²) in [6.45, 7) is 0.198. The van der Waals surface area contributed by atoms with E-state index in [0.717, 1.165) is 6.07 Å².